The van der Waals surface area contributed by atoms with Gasteiger partial charge in [-0.2, -0.15) is 0 Å². The van der Waals surface area contributed by atoms with E-state index in [0.29, 0.717) is 13.0 Å². The van der Waals surface area contributed by atoms with E-state index >= 15 is 0 Å². The Morgan fingerprint density at radius 3 is 2.62 bits per heavy atom. The van der Waals surface area contributed by atoms with Gasteiger partial charge in [0.15, 0.2) is 0 Å². The van der Waals surface area contributed by atoms with Crippen LogP contribution in [0, 0.1) is 6.92 Å². The standard InChI is InChI=1S/C32H37N3O3S/c1-23-20-26(14-11-24-12-15-27(16-13-24)38-18-6-10-32(36)37)33-28(23)22-29-25(8-5-17-35(2,3)4)21-30(34-29)31-9-7-19-39-31/h7,9,11-16,19-22H,5-6,8,10,17-18H2,1-4H3,(H-,33,34,36,37)/p+1. The van der Waals surface area contributed by atoms with Crippen molar-refractivity contribution in [2.75, 3.05) is 34.3 Å². The van der Waals surface area contributed by atoms with E-state index in [1.54, 1.807) is 11.3 Å². The first-order chi connectivity index (χ1) is 18.7. The Kier molecular flexibility index (Phi) is 9.38. The molecule has 39 heavy (non-hydrogen) atoms. The lowest BCUT2D eigenvalue weighted by atomic mass is 10.1. The minimum atomic E-state index is -0.801. The maximum Gasteiger partial charge on any atom is 0.303 e. The molecule has 0 amide bonds. The minimum Gasteiger partial charge on any atom is -0.494 e. The van der Waals surface area contributed by atoms with Crippen molar-refractivity contribution in [1.82, 2.24) is 4.98 Å². The van der Waals surface area contributed by atoms with E-state index in [1.807, 2.05) is 24.3 Å². The molecule has 7 heteroatoms. The third-order valence-electron chi connectivity index (χ3n) is 6.43. The summed E-state index contributed by atoms with van der Waals surface area (Å²) >= 11 is 1.73. The summed E-state index contributed by atoms with van der Waals surface area (Å²) in [5.41, 5.74) is 7.73. The lowest BCUT2D eigenvalue weighted by molar-refractivity contribution is -0.870. The molecule has 1 aromatic carbocycles. The van der Waals surface area contributed by atoms with Crippen molar-refractivity contribution >= 4 is 41.2 Å². The number of benzene rings is 1. The molecule has 0 atom stereocenters. The Morgan fingerprint density at radius 2 is 1.92 bits per heavy atom. The first-order valence-corrected chi connectivity index (χ1v) is 14.2. The second-order valence-corrected chi connectivity index (χ2v) is 11.8. The van der Waals surface area contributed by atoms with Crippen molar-refractivity contribution in [3.8, 4) is 5.75 Å². The summed E-state index contributed by atoms with van der Waals surface area (Å²) in [5.74, 6) is -0.0593. The average molecular weight is 545 g/mol. The quantitative estimate of drug-likeness (QED) is 0.179. The number of hydrogen-bond donors (Lipinski definition) is 2. The van der Waals surface area contributed by atoms with Crippen LogP contribution in [-0.4, -0.2) is 60.5 Å². The first kappa shape index (κ1) is 28.3. The fourth-order valence-corrected chi connectivity index (χ4v) is 5.03. The number of aromatic amines is 1. The molecular formula is C32H38N3O3S+. The van der Waals surface area contributed by atoms with Crippen molar-refractivity contribution in [2.45, 2.75) is 32.6 Å². The van der Waals surface area contributed by atoms with Crippen LogP contribution in [0.15, 0.2) is 70.2 Å². The summed E-state index contributed by atoms with van der Waals surface area (Å²) in [6.07, 6.45) is 11.3. The lowest BCUT2D eigenvalue weighted by Gasteiger charge is -2.23. The molecule has 6 nitrogen and oxygen atoms in total. The van der Waals surface area contributed by atoms with Crippen LogP contribution in [0.4, 0.5) is 0 Å². The topological polar surface area (TPSA) is 74.7 Å². The number of carboxylic acids is 1. The van der Waals surface area contributed by atoms with Gasteiger partial charge in [-0.1, -0.05) is 24.3 Å². The molecule has 0 radical (unpaired) electrons. The van der Waals surface area contributed by atoms with Gasteiger partial charge in [-0.25, -0.2) is 4.99 Å². The Labute approximate surface area is 235 Å². The molecule has 0 unspecified atom stereocenters. The van der Waals surface area contributed by atoms with Gasteiger partial charge in [0.2, 0.25) is 0 Å². The number of allylic oxidation sites excluding steroid dienone is 2. The molecule has 1 aliphatic rings. The van der Waals surface area contributed by atoms with Crippen LogP contribution in [0.3, 0.4) is 0 Å². The van der Waals surface area contributed by atoms with Crippen molar-refractivity contribution in [2.24, 2.45) is 4.99 Å². The first-order valence-electron chi connectivity index (χ1n) is 13.3. The molecule has 0 bridgehead atoms. The van der Waals surface area contributed by atoms with Gasteiger partial charge >= 0.3 is 5.97 Å². The van der Waals surface area contributed by atoms with E-state index in [0.717, 1.165) is 58.0 Å². The molecule has 2 N–H and O–H groups in total. The number of rotatable bonds is 13. The van der Waals surface area contributed by atoms with Crippen molar-refractivity contribution in [3.05, 3.63) is 92.6 Å². The van der Waals surface area contributed by atoms with Gasteiger partial charge in [-0.15, -0.1) is 11.3 Å². The predicted octanol–water partition coefficient (Wildman–Crippen LogP) is 7.06. The van der Waals surface area contributed by atoms with Gasteiger partial charge in [0.25, 0.3) is 0 Å². The Hall–Kier alpha value is -3.68. The van der Waals surface area contributed by atoms with Crippen molar-refractivity contribution < 1.29 is 19.1 Å². The predicted molar refractivity (Wildman–Crippen MR) is 162 cm³/mol. The second-order valence-electron chi connectivity index (χ2n) is 10.9. The summed E-state index contributed by atoms with van der Waals surface area (Å²) in [4.78, 5) is 20.4. The molecule has 0 spiro atoms. The summed E-state index contributed by atoms with van der Waals surface area (Å²) in [5, 5.41) is 10.8. The van der Waals surface area contributed by atoms with Crippen molar-refractivity contribution in [3.63, 3.8) is 0 Å². The molecule has 204 valence electrons. The number of carbonyl (C=O) groups is 1. The number of quaternary nitrogens is 1. The smallest absolute Gasteiger partial charge is 0.303 e. The molecule has 0 saturated heterocycles. The van der Waals surface area contributed by atoms with Gasteiger partial charge in [0, 0.05) is 24.2 Å². The number of thiophene rings is 1. The normalized spacial score (nSPS) is 14.7. The van der Waals surface area contributed by atoms with E-state index < -0.39 is 5.97 Å². The van der Waals surface area contributed by atoms with E-state index in [-0.39, 0.29) is 6.42 Å². The zero-order valence-electron chi connectivity index (χ0n) is 23.2. The largest absolute Gasteiger partial charge is 0.494 e. The lowest BCUT2D eigenvalue weighted by Crippen LogP contribution is -2.35. The number of nitrogens with one attached hydrogen (secondary N) is 1. The highest BCUT2D eigenvalue weighted by Crippen LogP contribution is 2.30. The zero-order chi connectivity index (χ0) is 27.8. The van der Waals surface area contributed by atoms with Crippen LogP contribution in [-0.2, 0) is 4.79 Å². The third kappa shape index (κ3) is 8.67. The highest BCUT2D eigenvalue weighted by molar-refractivity contribution is 7.12. The molecule has 3 aromatic rings. The average Bonchev–Trinajstić information content (AvgIpc) is 3.62. The maximum absolute atomic E-state index is 10.6. The number of aromatic nitrogens is 1. The fourth-order valence-electron chi connectivity index (χ4n) is 4.34. The Morgan fingerprint density at radius 1 is 1.13 bits per heavy atom. The van der Waals surface area contributed by atoms with E-state index in [1.165, 1.54) is 16.0 Å². The number of aliphatic imine (C=N–C) groups is 1. The highest BCUT2D eigenvalue weighted by Gasteiger charge is 2.18. The molecule has 4 rings (SSSR count). The highest BCUT2D eigenvalue weighted by atomic mass is 32.1. The number of ether oxygens (including phenoxy) is 1. The number of nitrogens with zero attached hydrogens (tertiary/aromatic N) is 2. The van der Waals surface area contributed by atoms with Gasteiger partial charge in [0.1, 0.15) is 5.75 Å². The summed E-state index contributed by atoms with van der Waals surface area (Å²) in [6.45, 7) is 3.64. The summed E-state index contributed by atoms with van der Waals surface area (Å²) in [7, 11) is 6.70. The minimum absolute atomic E-state index is 0.116. The Balaban J connectivity index is 1.44. The van der Waals surface area contributed by atoms with Crippen LogP contribution in [0.5, 0.6) is 5.75 Å². The number of H-pyrrole nitrogens is 1. The SMILES string of the molecule is Cc1cc(C=Cc2ccc(OCCCC(=O)O)cc2)[nH]c1C=C1N=C(c2cccs2)C=C1CCC[N+](C)(C)C. The molecule has 3 heterocycles. The number of aliphatic carboxylic acids is 1. The number of hydrogen-bond acceptors (Lipinski definition) is 4. The van der Waals surface area contributed by atoms with E-state index in [9.17, 15) is 4.79 Å². The Bertz CT molecular complexity index is 1390. The molecule has 0 fully saturated rings. The molecule has 1 aliphatic heterocycles. The van der Waals surface area contributed by atoms with E-state index in [4.69, 9.17) is 14.8 Å². The third-order valence-corrected chi connectivity index (χ3v) is 7.32. The van der Waals surface area contributed by atoms with Gasteiger partial charge in [0.05, 0.1) is 50.6 Å². The van der Waals surface area contributed by atoms with Gasteiger partial charge in [-0.3, -0.25) is 4.79 Å². The van der Waals surface area contributed by atoms with Crippen molar-refractivity contribution in [1.29, 1.82) is 0 Å². The van der Waals surface area contributed by atoms with E-state index in [2.05, 4.69) is 80.9 Å². The molecular weight excluding hydrogens is 506 g/mol. The van der Waals surface area contributed by atoms with Gasteiger partial charge in [-0.05, 0) is 84.3 Å². The number of carboxylic acid groups (broad SMARTS) is 1. The summed E-state index contributed by atoms with van der Waals surface area (Å²) in [6, 6.07) is 14.2. The zero-order valence-corrected chi connectivity index (χ0v) is 24.1. The van der Waals surface area contributed by atoms with Crippen LogP contribution in [0.25, 0.3) is 18.2 Å². The van der Waals surface area contributed by atoms with Gasteiger partial charge < -0.3 is 19.3 Å². The number of aryl methyl sites for hydroxylation is 1. The molecule has 0 saturated carbocycles. The van der Waals surface area contributed by atoms with Crippen LogP contribution in [0.2, 0.25) is 0 Å². The molecule has 0 aliphatic carbocycles. The van der Waals surface area contributed by atoms with Crippen LogP contribution >= 0.6 is 11.3 Å². The van der Waals surface area contributed by atoms with Crippen LogP contribution < -0.4 is 4.74 Å². The molecule has 2 aromatic heterocycles. The maximum atomic E-state index is 10.6. The fraction of sp³-hybridized carbons (Fsp3) is 0.312. The monoisotopic (exact) mass is 544 g/mol. The van der Waals surface area contributed by atoms with Crippen LogP contribution in [0.1, 0.15) is 53.1 Å². The summed E-state index contributed by atoms with van der Waals surface area (Å²) < 4.78 is 6.58. The second kappa shape index (κ2) is 12.9.